The summed E-state index contributed by atoms with van der Waals surface area (Å²) in [5.41, 5.74) is 0. The number of aliphatic hydroxyl groups excluding tert-OH is 19. The molecule has 0 aromatic carbocycles. The van der Waals surface area contributed by atoms with Gasteiger partial charge in [-0.15, -0.1) is 0 Å². The lowest BCUT2D eigenvalue weighted by Crippen LogP contribution is -2.66. The highest BCUT2D eigenvalue weighted by Gasteiger charge is 2.58. The van der Waals surface area contributed by atoms with Crippen molar-refractivity contribution in [2.24, 2.45) is 11.8 Å². The molecule has 636 valence electrons. The number of amides is 4. The molecule has 4 amide bonds. The van der Waals surface area contributed by atoms with Crippen molar-refractivity contribution in [3.8, 4) is 0 Å². The first-order chi connectivity index (χ1) is 51.8. The van der Waals surface area contributed by atoms with Gasteiger partial charge < -0.3 is 189 Å². The van der Waals surface area contributed by atoms with E-state index in [4.69, 9.17) is 71.1 Å². The predicted octanol–water partition coefficient (Wildman–Crippen LogP) is -12.0. The van der Waals surface area contributed by atoms with E-state index < -0.39 is 320 Å². The molecule has 0 radical (unpaired) electrons. The third-order valence-corrected chi connectivity index (χ3v) is 21.0. The molecule has 0 aromatic heterocycles. The molecule has 42 atom stereocenters. The fourth-order valence-corrected chi connectivity index (χ4v) is 14.9. The van der Waals surface area contributed by atoms with E-state index in [1.54, 1.807) is 13.8 Å². The van der Waals surface area contributed by atoms with Gasteiger partial charge in [0.1, 0.15) is 140 Å². The number of carbonyl (C=O) groups is 5. The van der Waals surface area contributed by atoms with Gasteiger partial charge in [0.25, 0.3) is 0 Å². The Morgan fingerprint density at radius 2 is 0.736 bits per heavy atom. The van der Waals surface area contributed by atoms with Gasteiger partial charge in [-0.05, 0) is 20.3 Å². The van der Waals surface area contributed by atoms with Gasteiger partial charge in [0.15, 0.2) is 44.0 Å². The zero-order chi connectivity index (χ0) is 81.3. The second kappa shape index (κ2) is 40.9. The molecule has 23 N–H and O–H groups in total. The molecule has 43 nitrogen and oxygen atoms in total. The number of carbonyl (C=O) groups excluding carboxylic acids is 5. The number of rotatable bonds is 32. The number of hydrogen-bond acceptors (Lipinski definition) is 39. The van der Waals surface area contributed by atoms with E-state index in [1.807, 2.05) is 0 Å². The molecule has 8 aliphatic heterocycles. The van der Waals surface area contributed by atoms with Crippen molar-refractivity contribution in [3.05, 3.63) is 0 Å². The minimum Gasteiger partial charge on any atom is -0.394 e. The first-order valence-electron chi connectivity index (χ1n) is 36.9. The summed E-state index contributed by atoms with van der Waals surface area (Å²) >= 11 is 0. The fourth-order valence-electron chi connectivity index (χ4n) is 14.9. The molecule has 8 aliphatic rings. The van der Waals surface area contributed by atoms with Gasteiger partial charge in [0.05, 0.1) is 107 Å². The average Bonchev–Trinajstić information content (AvgIpc) is 0.761. The van der Waals surface area contributed by atoms with Crippen LogP contribution in [0.2, 0.25) is 0 Å². The van der Waals surface area contributed by atoms with Crippen LogP contribution in [0.15, 0.2) is 0 Å². The third-order valence-electron chi connectivity index (χ3n) is 21.0. The molecule has 8 heterocycles. The van der Waals surface area contributed by atoms with E-state index in [0.717, 1.165) is 13.8 Å². The highest BCUT2D eigenvalue weighted by molar-refractivity contribution is 5.79. The standard InChI is InChI=1S/C67H114N4O39/c1-10-11-29(80)12-32-21(2)58(48(86)33(15-72)100-32)108-67-57(95)62(50(88)38(105-67)20-99-65-55(93)52(90)46(84)36(103-65)18-97-40-14-31(82)44(71-28(9)79)61(107-40)42(24(5)75)69-26(7)77)110-63-22(3)59(49(87)34(16-73)101-63)109-66-56(94)53(91)47(85)37(104-66)19-98-64-54(92)51(89)45(83)35(102-64)17-96-39-13-30(81)43(70-27(8)78)60(106-39)41(23(4)74)68-25(6)76/h21-24,30-67,72-75,81-95H,10-20H2,1-9H3,(H,68,76)(H,69,77)(H,70,78)(H,71,79)/t21?,22?,23-,24-,30+,31+,32-,33?,34?,35?,36?,37?,38?,39+,40+,41-,42-,43-,44-,45+,46+,47-,48-,49-,50-,51-,52-,53-,54?,55?,56?,57?,58+,59+,60?,61?,62-,63-,64+,65+,66-,67-/m0/s1. The van der Waals surface area contributed by atoms with Crippen molar-refractivity contribution in [2.75, 3.05) is 39.6 Å². The van der Waals surface area contributed by atoms with Crippen molar-refractivity contribution >= 4 is 29.4 Å². The van der Waals surface area contributed by atoms with Crippen molar-refractivity contribution in [3.63, 3.8) is 0 Å². The van der Waals surface area contributed by atoms with Crippen molar-refractivity contribution in [2.45, 2.75) is 340 Å². The van der Waals surface area contributed by atoms with Crippen LogP contribution in [0.4, 0.5) is 0 Å². The Morgan fingerprint density at radius 3 is 1.13 bits per heavy atom. The summed E-state index contributed by atoms with van der Waals surface area (Å²) in [6.07, 6.45) is -62.9. The molecule has 8 fully saturated rings. The maximum Gasteiger partial charge on any atom is 0.217 e. The van der Waals surface area contributed by atoms with Crippen LogP contribution < -0.4 is 21.3 Å². The predicted molar refractivity (Wildman–Crippen MR) is 358 cm³/mol. The van der Waals surface area contributed by atoms with Gasteiger partial charge in [-0.1, -0.05) is 20.8 Å². The Balaban J connectivity index is 0.980. The second-order valence-electron chi connectivity index (χ2n) is 29.6. The normalized spacial score (nSPS) is 45.2. The molecule has 0 saturated carbocycles. The zero-order valence-corrected chi connectivity index (χ0v) is 62.2. The largest absolute Gasteiger partial charge is 0.394 e. The summed E-state index contributed by atoms with van der Waals surface area (Å²) in [6.45, 7) is 7.08. The van der Waals surface area contributed by atoms with E-state index in [9.17, 15) is 121 Å². The van der Waals surface area contributed by atoms with E-state index >= 15 is 0 Å². The number of hydrogen-bond donors (Lipinski definition) is 23. The van der Waals surface area contributed by atoms with Crippen molar-refractivity contribution in [1.82, 2.24) is 21.3 Å². The van der Waals surface area contributed by atoms with Crippen LogP contribution in [-0.2, 0) is 95.0 Å². The number of nitrogens with one attached hydrogen (secondary N) is 4. The van der Waals surface area contributed by atoms with E-state index in [1.165, 1.54) is 34.6 Å². The topological polar surface area (TPSA) is 656 Å². The number of Topliss-reactive ketones (excluding diaryl/α,β-unsaturated/α-hetero) is 1. The molecule has 0 aromatic rings. The molecule has 43 heteroatoms. The van der Waals surface area contributed by atoms with Crippen LogP contribution >= 0.6 is 0 Å². The summed E-state index contributed by atoms with van der Waals surface area (Å²) in [7, 11) is 0. The SMILES string of the molecule is CCCC(=O)C[C@@H]1OC(CO)[C@H](O)[C@H](O[C@@H]2OC(CO[C@@H]3OC(CO[C@H]4C[C@@H](O)[C@H](NC(C)=O)C([C@@H](NC(C)=O)[C@H](C)O)O4)[C@@H](O)[C@H](O)C3O)[C@H](O)[C@H](O[C@@H]3OC(CO)[C@H](O)[C@H](O[C@@H]4OC(CO[C@@H]5OC(CO[C@H]6C[C@@H](O)[C@H](NC(C)=O)C([C@@H](NC(C)=O)[C@H](C)O)O6)[C@@H](O)[C@H](O)C5O)[C@H](O)[C@H](O)C4O)C3C)C2O)C1C. The first-order valence-corrected chi connectivity index (χ1v) is 36.9. The summed E-state index contributed by atoms with van der Waals surface area (Å²) in [6, 6.07) is -4.77. The highest BCUT2D eigenvalue weighted by Crippen LogP contribution is 2.40. The summed E-state index contributed by atoms with van der Waals surface area (Å²) in [5.74, 6) is -4.87. The Labute approximate surface area is 632 Å². The van der Waals surface area contributed by atoms with Gasteiger partial charge in [0.2, 0.25) is 23.6 Å². The van der Waals surface area contributed by atoms with Gasteiger partial charge >= 0.3 is 0 Å². The molecule has 0 aliphatic carbocycles. The Morgan fingerprint density at radius 1 is 0.391 bits per heavy atom. The number of ketones is 1. The van der Waals surface area contributed by atoms with Gasteiger partial charge in [-0.3, -0.25) is 24.0 Å². The van der Waals surface area contributed by atoms with Crippen LogP contribution in [0, 0.1) is 11.8 Å². The number of ether oxygens (including phenoxy) is 15. The van der Waals surface area contributed by atoms with E-state index in [-0.39, 0.29) is 31.5 Å². The maximum absolute atomic E-state index is 13.0. The van der Waals surface area contributed by atoms with Crippen LogP contribution in [0.3, 0.4) is 0 Å². The minimum atomic E-state index is -2.16. The van der Waals surface area contributed by atoms with Crippen LogP contribution in [-0.4, -0.2) is 411 Å². The van der Waals surface area contributed by atoms with Crippen LogP contribution in [0.5, 0.6) is 0 Å². The molecule has 8 saturated heterocycles. The van der Waals surface area contributed by atoms with E-state index in [0.29, 0.717) is 6.42 Å². The zero-order valence-electron chi connectivity index (χ0n) is 62.2. The molecule has 0 bridgehead atoms. The lowest BCUT2D eigenvalue weighted by atomic mass is 9.85. The second-order valence-corrected chi connectivity index (χ2v) is 29.6. The lowest BCUT2D eigenvalue weighted by molar-refractivity contribution is -0.384. The van der Waals surface area contributed by atoms with Crippen LogP contribution in [0.25, 0.3) is 0 Å². The highest BCUT2D eigenvalue weighted by atomic mass is 16.8. The number of aliphatic hydroxyl groups is 19. The van der Waals surface area contributed by atoms with Crippen molar-refractivity contribution in [1.29, 1.82) is 0 Å². The molecule has 110 heavy (non-hydrogen) atoms. The maximum atomic E-state index is 13.0. The summed E-state index contributed by atoms with van der Waals surface area (Å²) in [4.78, 5) is 61.7. The minimum absolute atomic E-state index is 0.153. The van der Waals surface area contributed by atoms with Gasteiger partial charge in [-0.2, -0.15) is 0 Å². The molecule has 14 unspecified atom stereocenters. The first kappa shape index (κ1) is 91.7. The van der Waals surface area contributed by atoms with Gasteiger partial charge in [0, 0.05) is 65.2 Å². The smallest absolute Gasteiger partial charge is 0.217 e. The van der Waals surface area contributed by atoms with Crippen LogP contribution in [0.1, 0.15) is 94.4 Å². The Hall–Kier alpha value is -3.81. The molecule has 0 spiro atoms. The average molecular weight is 1600 g/mol. The third kappa shape index (κ3) is 22.3. The fraction of sp³-hybridized carbons (Fsp3) is 0.925. The monoisotopic (exact) mass is 1600 g/mol. The Kier molecular flexibility index (Phi) is 34.1. The summed E-state index contributed by atoms with van der Waals surface area (Å²) < 4.78 is 90.2. The molecular weight excluding hydrogens is 1480 g/mol. The van der Waals surface area contributed by atoms with Gasteiger partial charge in [-0.25, -0.2) is 0 Å². The molecule has 8 rings (SSSR count). The lowest BCUT2D eigenvalue weighted by Gasteiger charge is -2.50. The summed E-state index contributed by atoms with van der Waals surface area (Å²) in [5, 5.41) is 224. The Bertz CT molecular complexity index is 2870. The molecular formula is C67H114N4O39. The van der Waals surface area contributed by atoms with E-state index in [2.05, 4.69) is 21.3 Å². The van der Waals surface area contributed by atoms with Crippen molar-refractivity contribution < 1.29 is 192 Å². The quantitative estimate of drug-likeness (QED) is 0.0297.